The van der Waals surface area contributed by atoms with Gasteiger partial charge in [-0.3, -0.25) is 0 Å². The Hall–Kier alpha value is -0.520. The van der Waals surface area contributed by atoms with E-state index < -0.39 is 0 Å². The molecule has 0 N–H and O–H groups in total. The van der Waals surface area contributed by atoms with Crippen LogP contribution in [0, 0.1) is 0 Å². The fraction of sp³-hybridized carbons (Fsp3) is 0.200. The summed E-state index contributed by atoms with van der Waals surface area (Å²) < 4.78 is 0. The van der Waals surface area contributed by atoms with Crippen LogP contribution in [0.5, 0.6) is 0 Å². The average Bonchev–Trinajstić information content (AvgIpc) is 1.46. The molecule has 0 aliphatic carbocycles. The quantitative estimate of drug-likeness (QED) is 0.384. The predicted octanol–water partition coefficient (Wildman–Crippen LogP) is 2.11. The third kappa shape index (κ3) is 28.2. The van der Waals surface area contributed by atoms with E-state index in [2.05, 4.69) is 19.7 Å². The molecule has 0 nitrogen and oxygen atoms in total. The summed E-state index contributed by atoms with van der Waals surface area (Å²) in [5.41, 5.74) is 0. The molecule has 0 bridgehead atoms. The van der Waals surface area contributed by atoms with Crippen molar-refractivity contribution in [2.45, 2.75) is 6.92 Å². The van der Waals surface area contributed by atoms with Crippen molar-refractivity contribution in [2.24, 2.45) is 0 Å². The lowest BCUT2D eigenvalue weighted by Gasteiger charge is -1.31. The minimum Gasteiger partial charge on any atom is -0.106 e. The molecule has 5 heavy (non-hydrogen) atoms. The van der Waals surface area contributed by atoms with Gasteiger partial charge < -0.3 is 0 Å². The van der Waals surface area contributed by atoms with Gasteiger partial charge in [0.25, 0.3) is 0 Å². The maximum absolute atomic E-state index is 3.36. The summed E-state index contributed by atoms with van der Waals surface area (Å²) in [6, 6.07) is 0. The fourth-order valence-electron chi connectivity index (χ4n) is 0. The molecule has 0 amide bonds. The first kappa shape index (κ1) is 8.82. The minimum absolute atomic E-state index is 0. The van der Waals surface area contributed by atoms with Crippen LogP contribution in [0.25, 0.3) is 0 Å². The zero-order chi connectivity index (χ0) is 4.71. The summed E-state index contributed by atoms with van der Waals surface area (Å²) >= 11 is 0. The highest BCUT2D eigenvalue weighted by molar-refractivity contribution is 4.51. The summed E-state index contributed by atoms with van der Waals surface area (Å²) in [6.07, 6.45) is 1.75. The number of allylic oxidation sites excluding steroid dienone is 1. The molecule has 0 fully saturated rings. The van der Waals surface area contributed by atoms with E-state index in [0.29, 0.717) is 0 Å². The largest absolute Gasteiger partial charge is 1.00 e. The van der Waals surface area contributed by atoms with Gasteiger partial charge in [0.2, 0.25) is 0 Å². The van der Waals surface area contributed by atoms with Crippen molar-refractivity contribution >= 4 is 0 Å². The van der Waals surface area contributed by atoms with Crippen LogP contribution in [-0.4, -0.2) is 0 Å². The van der Waals surface area contributed by atoms with Gasteiger partial charge in [0.1, 0.15) is 0 Å². The van der Waals surface area contributed by atoms with E-state index in [-0.39, 0.29) is 1.43 Å². The van der Waals surface area contributed by atoms with E-state index in [0.717, 1.165) is 0 Å². The standard InChI is InChI=1S/C3H6.C2H4/c1-3-2;1-2/h3H,1H2,2H3;1-2H2/p+1. The number of hydrogen-bond acceptors (Lipinski definition) is 0. The van der Waals surface area contributed by atoms with Crippen LogP contribution in [0.2, 0.25) is 0 Å². The molecule has 0 atom stereocenters. The molecule has 30 valence electrons. The van der Waals surface area contributed by atoms with Gasteiger partial charge in [0, 0.05) is 0 Å². The Kier molecular flexibility index (Phi) is 164. The molecule has 0 heterocycles. The third-order valence-electron chi connectivity index (χ3n) is 0. The van der Waals surface area contributed by atoms with E-state index in [1.165, 1.54) is 0 Å². The summed E-state index contributed by atoms with van der Waals surface area (Å²) in [6.45, 7) is 11.2. The normalized spacial score (nSPS) is 3.40. The highest BCUT2D eigenvalue weighted by atomic mass is 13.2. The Bertz CT molecular complexity index is 17.9. The molecule has 0 saturated carbocycles. The molecule has 0 aliphatic rings. The van der Waals surface area contributed by atoms with E-state index in [1.807, 2.05) is 6.92 Å². The first-order valence-electron chi connectivity index (χ1n) is 1.49. The van der Waals surface area contributed by atoms with Crippen LogP contribution in [-0.2, 0) is 0 Å². The second kappa shape index (κ2) is 92.9. The third-order valence-corrected chi connectivity index (χ3v) is 0. The van der Waals surface area contributed by atoms with E-state index in [9.17, 15) is 0 Å². The summed E-state index contributed by atoms with van der Waals surface area (Å²) in [4.78, 5) is 0. The van der Waals surface area contributed by atoms with Crippen molar-refractivity contribution in [1.29, 1.82) is 0 Å². The van der Waals surface area contributed by atoms with Gasteiger partial charge in [0.05, 0.1) is 0 Å². The monoisotopic (exact) mass is 71.1 g/mol. The van der Waals surface area contributed by atoms with Gasteiger partial charge in [0.15, 0.2) is 0 Å². The van der Waals surface area contributed by atoms with Crippen LogP contribution in [0.1, 0.15) is 8.35 Å². The summed E-state index contributed by atoms with van der Waals surface area (Å²) in [5, 5.41) is 0. The number of hydrogen-bond donors (Lipinski definition) is 0. The molecule has 0 rings (SSSR count). The van der Waals surface area contributed by atoms with Crippen LogP contribution in [0.15, 0.2) is 25.8 Å². The van der Waals surface area contributed by atoms with Crippen molar-refractivity contribution in [2.75, 3.05) is 0 Å². The van der Waals surface area contributed by atoms with Crippen LogP contribution in [0.3, 0.4) is 0 Å². The Morgan fingerprint density at radius 2 is 1.60 bits per heavy atom. The van der Waals surface area contributed by atoms with Gasteiger partial charge in [-0.1, -0.05) is 6.08 Å². The molecular weight excluding hydrogens is 60.1 g/mol. The first-order chi connectivity index (χ1) is 2.41. The van der Waals surface area contributed by atoms with E-state index >= 15 is 0 Å². The van der Waals surface area contributed by atoms with Crippen LogP contribution >= 0.6 is 0 Å². The molecule has 0 spiro atoms. The second-order valence-corrected chi connectivity index (χ2v) is 0.408. The molecule has 0 aromatic carbocycles. The van der Waals surface area contributed by atoms with Crippen molar-refractivity contribution < 1.29 is 1.43 Å². The highest BCUT2D eigenvalue weighted by Crippen LogP contribution is 1.38. The molecule has 0 aromatic rings. The highest BCUT2D eigenvalue weighted by Gasteiger charge is 1.15. The topological polar surface area (TPSA) is 0 Å². The minimum atomic E-state index is 0. The van der Waals surface area contributed by atoms with Gasteiger partial charge in [-0.15, -0.1) is 19.7 Å². The average molecular weight is 71.1 g/mol. The van der Waals surface area contributed by atoms with E-state index in [4.69, 9.17) is 0 Å². The number of rotatable bonds is 0. The SMILES string of the molecule is C=C.C=CC.[H+]. The molecular formula is C5H11+. The lowest BCUT2D eigenvalue weighted by molar-refractivity contribution is 1.80. The van der Waals surface area contributed by atoms with Gasteiger partial charge >= 0.3 is 1.43 Å². The maximum Gasteiger partial charge on any atom is 1.00 e. The molecule has 0 radical (unpaired) electrons. The van der Waals surface area contributed by atoms with E-state index in [1.54, 1.807) is 6.08 Å². The predicted molar refractivity (Wildman–Crippen MR) is 28.2 cm³/mol. The molecule has 0 aromatic heterocycles. The molecule has 0 heteroatoms. The zero-order valence-electron chi connectivity index (χ0n) is 4.70. The van der Waals surface area contributed by atoms with Crippen molar-refractivity contribution in [3.63, 3.8) is 0 Å². The van der Waals surface area contributed by atoms with Gasteiger partial charge in [-0.2, -0.15) is 0 Å². The summed E-state index contributed by atoms with van der Waals surface area (Å²) in [7, 11) is 0. The Morgan fingerprint density at radius 3 is 1.60 bits per heavy atom. The van der Waals surface area contributed by atoms with Crippen molar-refractivity contribution in [3.05, 3.63) is 25.8 Å². The molecule has 0 saturated heterocycles. The van der Waals surface area contributed by atoms with Gasteiger partial charge in [-0.25, -0.2) is 0 Å². The lowest BCUT2D eigenvalue weighted by atomic mass is 10.8. The van der Waals surface area contributed by atoms with Crippen LogP contribution in [0.4, 0.5) is 0 Å². The smallest absolute Gasteiger partial charge is 0.106 e. The molecule has 0 aliphatic heterocycles. The zero-order valence-corrected chi connectivity index (χ0v) is 3.70. The van der Waals surface area contributed by atoms with Gasteiger partial charge in [-0.05, 0) is 6.92 Å². The fourth-order valence-corrected chi connectivity index (χ4v) is 0. The second-order valence-electron chi connectivity index (χ2n) is 0.408. The first-order valence-corrected chi connectivity index (χ1v) is 1.49. The van der Waals surface area contributed by atoms with Crippen LogP contribution < -0.4 is 0 Å². The Balaban J connectivity index is -0.0000000275. The summed E-state index contributed by atoms with van der Waals surface area (Å²) in [5.74, 6) is 0. The van der Waals surface area contributed by atoms with Crippen molar-refractivity contribution in [1.82, 2.24) is 0 Å². The lowest BCUT2D eigenvalue weighted by Crippen LogP contribution is -1.07. The Morgan fingerprint density at radius 1 is 1.60 bits per heavy atom. The molecule has 0 unspecified atom stereocenters. The van der Waals surface area contributed by atoms with Crippen molar-refractivity contribution in [3.8, 4) is 0 Å². The Labute approximate surface area is 35.3 Å². The maximum atomic E-state index is 3.36.